The number of hydrogen-bond acceptors (Lipinski definition) is 3. The van der Waals surface area contributed by atoms with E-state index in [0.717, 1.165) is 72.8 Å². The van der Waals surface area contributed by atoms with Crippen LogP contribution in [0.4, 0.5) is 0 Å². The third-order valence-electron chi connectivity index (χ3n) is 12.5. The Balaban J connectivity index is 0.955. The van der Waals surface area contributed by atoms with Gasteiger partial charge in [0.15, 0.2) is 0 Å². The maximum Gasteiger partial charge on any atom is 0.145 e. The van der Waals surface area contributed by atoms with Gasteiger partial charge in [0.25, 0.3) is 0 Å². The number of pyridine rings is 2. The summed E-state index contributed by atoms with van der Waals surface area (Å²) < 4.78 is 6.99. The van der Waals surface area contributed by atoms with Gasteiger partial charge in [-0.05, 0) is 108 Å². The van der Waals surface area contributed by atoms with E-state index in [1.54, 1.807) is 0 Å². The first-order chi connectivity index (χ1) is 31.3. The Hall–Kier alpha value is -8.61. The van der Waals surface area contributed by atoms with Crippen molar-refractivity contribution in [1.29, 1.82) is 0 Å². The molecule has 6 heteroatoms. The van der Waals surface area contributed by atoms with Crippen molar-refractivity contribution in [1.82, 2.24) is 28.7 Å². The number of aromatic nitrogens is 6. The van der Waals surface area contributed by atoms with E-state index in [9.17, 15) is 0 Å². The zero-order valence-corrected chi connectivity index (χ0v) is 34.0. The third kappa shape index (κ3) is 5.48. The first-order valence-electron chi connectivity index (χ1n) is 21.3. The molecule has 0 unspecified atom stereocenters. The van der Waals surface area contributed by atoms with E-state index < -0.39 is 0 Å². The van der Waals surface area contributed by atoms with Crippen LogP contribution < -0.4 is 0 Å². The van der Waals surface area contributed by atoms with Crippen molar-refractivity contribution in [3.63, 3.8) is 0 Å². The SMILES string of the molecule is c1ccc(-c2nc3cccnc3c3nc(-c4ccc(-n5c6ccccc6c6cc(-c7ccc8c(c7)c7ccccc7n8-c7ccccc7)ccc65)cc4)n(-c4ccccc4)c23)cc1. The number of imidazole rings is 1. The fourth-order valence-electron chi connectivity index (χ4n) is 9.66. The fourth-order valence-corrected chi connectivity index (χ4v) is 9.66. The molecule has 6 nitrogen and oxygen atoms in total. The summed E-state index contributed by atoms with van der Waals surface area (Å²) in [7, 11) is 0. The molecule has 0 saturated carbocycles. The molecule has 0 aliphatic heterocycles. The standard InChI is InChI=1S/C57H36N6/c1-4-15-37(16-5-1)53-56-55(54-48(59-53)23-14-34-58-54)60-57(63(56)42-19-8-3-9-20-42)38-26-30-43(31-27-38)62-50-25-13-11-22-45(50)47-36-40(29-33-52(47)62)39-28-32-51-46(35-39)44-21-10-12-24-49(44)61(51)41-17-6-2-7-18-41/h1-36H. The maximum absolute atomic E-state index is 5.41. The van der Waals surface area contributed by atoms with Crippen LogP contribution in [0, 0.1) is 0 Å². The van der Waals surface area contributed by atoms with E-state index >= 15 is 0 Å². The molecule has 5 heterocycles. The molecule has 13 rings (SSSR count). The maximum atomic E-state index is 5.41. The van der Waals surface area contributed by atoms with Crippen molar-refractivity contribution in [2.45, 2.75) is 0 Å². The summed E-state index contributed by atoms with van der Waals surface area (Å²) >= 11 is 0. The number of rotatable bonds is 6. The normalized spacial score (nSPS) is 11.8. The molecular formula is C57H36N6. The Morgan fingerprint density at radius 3 is 1.41 bits per heavy atom. The van der Waals surface area contributed by atoms with Crippen LogP contribution in [0.3, 0.4) is 0 Å². The lowest BCUT2D eigenvalue weighted by Gasteiger charge is -2.13. The molecule has 0 fully saturated rings. The summed E-state index contributed by atoms with van der Waals surface area (Å²) in [6.45, 7) is 0. The minimum absolute atomic E-state index is 0.781. The fraction of sp³-hybridized carbons (Fsp3) is 0. The lowest BCUT2D eigenvalue weighted by molar-refractivity contribution is 1.10. The van der Waals surface area contributed by atoms with E-state index in [1.807, 2.05) is 30.5 Å². The molecule has 13 aromatic rings. The monoisotopic (exact) mass is 804 g/mol. The van der Waals surface area contributed by atoms with Crippen LogP contribution in [0.25, 0.3) is 117 Å². The summed E-state index contributed by atoms with van der Waals surface area (Å²) in [5, 5.41) is 4.92. The largest absolute Gasteiger partial charge is 0.309 e. The first kappa shape index (κ1) is 35.2. The molecule has 0 amide bonds. The van der Waals surface area contributed by atoms with Crippen LogP contribution in [-0.4, -0.2) is 28.7 Å². The summed E-state index contributed by atoms with van der Waals surface area (Å²) in [6, 6.07) is 75.4. The van der Waals surface area contributed by atoms with Gasteiger partial charge >= 0.3 is 0 Å². The molecular weight excluding hydrogens is 769 g/mol. The molecule has 5 aromatic heterocycles. The number of benzene rings is 8. The average Bonchev–Trinajstić information content (AvgIpc) is 4.03. The number of nitrogens with zero attached hydrogens (tertiary/aromatic N) is 6. The van der Waals surface area contributed by atoms with Gasteiger partial charge < -0.3 is 9.13 Å². The summed E-state index contributed by atoms with van der Waals surface area (Å²) in [4.78, 5) is 15.4. The minimum atomic E-state index is 0.781. The van der Waals surface area contributed by atoms with Gasteiger partial charge in [0.05, 0.1) is 33.3 Å². The van der Waals surface area contributed by atoms with E-state index in [0.29, 0.717) is 0 Å². The van der Waals surface area contributed by atoms with Crippen LogP contribution in [-0.2, 0) is 0 Å². The van der Waals surface area contributed by atoms with Gasteiger partial charge in [-0.3, -0.25) is 9.55 Å². The molecule has 0 radical (unpaired) electrons. The van der Waals surface area contributed by atoms with Crippen molar-refractivity contribution >= 4 is 65.7 Å². The van der Waals surface area contributed by atoms with Crippen LogP contribution in [0.15, 0.2) is 219 Å². The van der Waals surface area contributed by atoms with Crippen molar-refractivity contribution in [3.8, 4) is 50.8 Å². The van der Waals surface area contributed by atoms with E-state index in [-0.39, 0.29) is 0 Å². The van der Waals surface area contributed by atoms with Gasteiger partial charge in [-0.25, -0.2) is 9.97 Å². The number of fused-ring (bicyclic) bond motifs is 9. The van der Waals surface area contributed by atoms with Gasteiger partial charge in [-0.15, -0.1) is 0 Å². The Labute approximate surface area is 362 Å². The Kier molecular flexibility index (Phi) is 7.80. The number of hydrogen-bond donors (Lipinski definition) is 0. The molecule has 0 atom stereocenters. The zero-order chi connectivity index (χ0) is 41.4. The third-order valence-corrected chi connectivity index (χ3v) is 12.5. The van der Waals surface area contributed by atoms with Gasteiger partial charge in [0, 0.05) is 55.9 Å². The highest BCUT2D eigenvalue weighted by molar-refractivity contribution is 6.13. The van der Waals surface area contributed by atoms with Crippen LogP contribution in [0.1, 0.15) is 0 Å². The molecule has 0 N–H and O–H groups in total. The Morgan fingerprint density at radius 1 is 0.317 bits per heavy atom. The molecule has 0 aliphatic carbocycles. The molecule has 0 saturated heterocycles. The molecule has 63 heavy (non-hydrogen) atoms. The summed E-state index contributed by atoms with van der Waals surface area (Å²) in [5.41, 5.74) is 16.6. The number of para-hydroxylation sites is 4. The van der Waals surface area contributed by atoms with Crippen LogP contribution in [0.5, 0.6) is 0 Å². The molecule has 0 bridgehead atoms. The predicted octanol–water partition coefficient (Wildman–Crippen LogP) is 14.2. The Bertz CT molecular complexity index is 3880. The lowest BCUT2D eigenvalue weighted by atomic mass is 10.0. The van der Waals surface area contributed by atoms with Crippen molar-refractivity contribution in [3.05, 3.63) is 219 Å². The highest BCUT2D eigenvalue weighted by Gasteiger charge is 2.23. The molecule has 294 valence electrons. The van der Waals surface area contributed by atoms with E-state index in [2.05, 4.69) is 202 Å². The van der Waals surface area contributed by atoms with Gasteiger partial charge in [-0.1, -0.05) is 115 Å². The van der Waals surface area contributed by atoms with E-state index in [4.69, 9.17) is 15.0 Å². The highest BCUT2D eigenvalue weighted by Crippen LogP contribution is 2.40. The quantitative estimate of drug-likeness (QED) is 0.168. The lowest BCUT2D eigenvalue weighted by Crippen LogP contribution is -2.00. The molecule has 8 aromatic carbocycles. The molecule has 0 aliphatic rings. The van der Waals surface area contributed by atoms with E-state index in [1.165, 1.54) is 43.7 Å². The summed E-state index contributed by atoms with van der Waals surface area (Å²) in [6.07, 6.45) is 1.82. The highest BCUT2D eigenvalue weighted by atomic mass is 15.1. The minimum Gasteiger partial charge on any atom is -0.309 e. The Morgan fingerprint density at radius 2 is 0.810 bits per heavy atom. The second kappa shape index (κ2) is 14.0. The smallest absolute Gasteiger partial charge is 0.145 e. The zero-order valence-electron chi connectivity index (χ0n) is 34.0. The van der Waals surface area contributed by atoms with Crippen molar-refractivity contribution in [2.75, 3.05) is 0 Å². The first-order valence-corrected chi connectivity index (χ1v) is 21.3. The second-order valence-electron chi connectivity index (χ2n) is 16.1. The summed E-state index contributed by atoms with van der Waals surface area (Å²) in [5.74, 6) is 0.829. The second-order valence-corrected chi connectivity index (χ2v) is 16.1. The van der Waals surface area contributed by atoms with Crippen molar-refractivity contribution in [2.24, 2.45) is 0 Å². The average molecular weight is 805 g/mol. The van der Waals surface area contributed by atoms with Gasteiger partial charge in [0.2, 0.25) is 0 Å². The van der Waals surface area contributed by atoms with Gasteiger partial charge in [0.1, 0.15) is 22.4 Å². The van der Waals surface area contributed by atoms with Crippen LogP contribution in [0.2, 0.25) is 0 Å². The van der Waals surface area contributed by atoms with Gasteiger partial charge in [-0.2, -0.15) is 0 Å². The molecule has 0 spiro atoms. The van der Waals surface area contributed by atoms with Crippen LogP contribution >= 0.6 is 0 Å². The van der Waals surface area contributed by atoms with Crippen molar-refractivity contribution < 1.29 is 0 Å². The predicted molar refractivity (Wildman–Crippen MR) is 259 cm³/mol. The topological polar surface area (TPSA) is 53.5 Å².